The van der Waals surface area contributed by atoms with Crippen molar-refractivity contribution in [1.29, 1.82) is 0 Å². The van der Waals surface area contributed by atoms with Crippen LogP contribution in [0.3, 0.4) is 0 Å². The Balaban J connectivity index is 1.92. The Morgan fingerprint density at radius 2 is 2.04 bits per heavy atom. The number of halogens is 1. The largest absolute Gasteiger partial charge is 0.493 e. The van der Waals surface area contributed by atoms with Gasteiger partial charge in [-0.1, -0.05) is 25.5 Å². The van der Waals surface area contributed by atoms with E-state index in [0.717, 1.165) is 18.6 Å². The highest BCUT2D eigenvalue weighted by molar-refractivity contribution is 5.99. The van der Waals surface area contributed by atoms with Crippen molar-refractivity contribution in [2.45, 2.75) is 52.6 Å². The second-order valence-corrected chi connectivity index (χ2v) is 6.96. The first-order chi connectivity index (χ1) is 13.4. The van der Waals surface area contributed by atoms with Gasteiger partial charge >= 0.3 is 0 Å². The molecule has 0 amide bonds. The third kappa shape index (κ3) is 6.22. The van der Waals surface area contributed by atoms with E-state index >= 15 is 0 Å². The highest BCUT2D eigenvalue weighted by atomic mass is 19.1. The van der Waals surface area contributed by atoms with E-state index in [4.69, 9.17) is 9.47 Å². The number of aryl methyl sites for hydroxylation is 2. The number of hydrogen-bond donors (Lipinski definition) is 0. The van der Waals surface area contributed by atoms with Gasteiger partial charge in [0.15, 0.2) is 5.78 Å². The van der Waals surface area contributed by atoms with E-state index in [2.05, 4.69) is 32.6 Å². The van der Waals surface area contributed by atoms with Crippen molar-refractivity contribution in [2.75, 3.05) is 6.61 Å². The SMILES string of the molecule is C=CCC(=O)c1cc(F)ccc1O[C@H](C)CCOc1ccc(CCC)c(C)c1. The van der Waals surface area contributed by atoms with Gasteiger partial charge in [0.2, 0.25) is 0 Å². The maximum atomic E-state index is 13.5. The van der Waals surface area contributed by atoms with Crippen LogP contribution in [-0.4, -0.2) is 18.5 Å². The molecule has 150 valence electrons. The van der Waals surface area contributed by atoms with Crippen molar-refractivity contribution >= 4 is 5.78 Å². The molecular formula is C24H29FO3. The lowest BCUT2D eigenvalue weighted by Gasteiger charge is -2.18. The van der Waals surface area contributed by atoms with Gasteiger partial charge in [0.05, 0.1) is 18.3 Å². The summed E-state index contributed by atoms with van der Waals surface area (Å²) in [5, 5.41) is 0. The Hall–Kier alpha value is -2.62. The average molecular weight is 384 g/mol. The van der Waals surface area contributed by atoms with Gasteiger partial charge in [-0.05, 0) is 61.7 Å². The first-order valence-corrected chi connectivity index (χ1v) is 9.77. The predicted molar refractivity (Wildman–Crippen MR) is 111 cm³/mol. The topological polar surface area (TPSA) is 35.5 Å². The molecule has 2 rings (SSSR count). The molecule has 0 N–H and O–H groups in total. The summed E-state index contributed by atoms with van der Waals surface area (Å²) in [6.45, 7) is 10.2. The van der Waals surface area contributed by atoms with Crippen LogP contribution in [0, 0.1) is 12.7 Å². The van der Waals surface area contributed by atoms with E-state index in [1.807, 2.05) is 13.0 Å². The van der Waals surface area contributed by atoms with Gasteiger partial charge in [-0.15, -0.1) is 6.58 Å². The number of benzene rings is 2. The van der Waals surface area contributed by atoms with Crippen molar-refractivity contribution in [2.24, 2.45) is 0 Å². The molecule has 0 aromatic heterocycles. The zero-order chi connectivity index (χ0) is 20.5. The van der Waals surface area contributed by atoms with Crippen LogP contribution in [0.5, 0.6) is 11.5 Å². The molecule has 4 heteroatoms. The predicted octanol–water partition coefficient (Wildman–Crippen LogP) is 6.08. The summed E-state index contributed by atoms with van der Waals surface area (Å²) in [6, 6.07) is 10.2. The Morgan fingerprint density at radius 1 is 1.25 bits per heavy atom. The Kier molecular flexibility index (Phi) is 8.24. The summed E-state index contributed by atoms with van der Waals surface area (Å²) in [5.41, 5.74) is 2.83. The fourth-order valence-corrected chi connectivity index (χ4v) is 2.99. The standard InChI is InChI=1S/C24H29FO3/c1-5-7-19-9-11-21(15-17(19)3)27-14-13-18(4)28-24-12-10-20(25)16-22(24)23(26)8-6-2/h6,9-12,15-16,18H,2,5,7-8,13-14H2,1,3-4H3/t18-/m1/s1. The van der Waals surface area contributed by atoms with E-state index in [-0.39, 0.29) is 23.9 Å². The fourth-order valence-electron chi connectivity index (χ4n) is 2.99. The number of Topliss-reactive ketones (excluding diaryl/α,β-unsaturated/α-hetero) is 1. The molecule has 0 heterocycles. The lowest BCUT2D eigenvalue weighted by molar-refractivity contribution is 0.0987. The minimum absolute atomic E-state index is 0.144. The zero-order valence-corrected chi connectivity index (χ0v) is 17.0. The third-order valence-corrected chi connectivity index (χ3v) is 4.53. The van der Waals surface area contributed by atoms with Crippen LogP contribution in [0.1, 0.15) is 54.6 Å². The van der Waals surface area contributed by atoms with Crippen molar-refractivity contribution < 1.29 is 18.7 Å². The monoisotopic (exact) mass is 384 g/mol. The number of carbonyl (C=O) groups is 1. The molecule has 28 heavy (non-hydrogen) atoms. The molecule has 0 aliphatic heterocycles. The number of rotatable bonds is 11. The molecule has 2 aromatic carbocycles. The fraction of sp³-hybridized carbons (Fsp3) is 0.375. The van der Waals surface area contributed by atoms with Gasteiger partial charge in [0.25, 0.3) is 0 Å². The molecular weight excluding hydrogens is 355 g/mol. The van der Waals surface area contributed by atoms with E-state index in [1.54, 1.807) is 0 Å². The number of carbonyl (C=O) groups excluding carboxylic acids is 1. The van der Waals surface area contributed by atoms with Crippen LogP contribution in [0.4, 0.5) is 4.39 Å². The summed E-state index contributed by atoms with van der Waals surface area (Å²) in [7, 11) is 0. The van der Waals surface area contributed by atoms with Crippen molar-refractivity contribution in [3.63, 3.8) is 0 Å². The quantitative estimate of drug-likeness (QED) is 0.348. The molecule has 0 spiro atoms. The van der Waals surface area contributed by atoms with Crippen LogP contribution in [-0.2, 0) is 6.42 Å². The Labute approximate surface area is 167 Å². The van der Waals surface area contributed by atoms with Gasteiger partial charge in [-0.25, -0.2) is 4.39 Å². The van der Waals surface area contributed by atoms with E-state index in [9.17, 15) is 9.18 Å². The van der Waals surface area contributed by atoms with Gasteiger partial charge < -0.3 is 9.47 Å². The first-order valence-electron chi connectivity index (χ1n) is 9.77. The van der Waals surface area contributed by atoms with E-state index in [1.165, 1.54) is 35.4 Å². The van der Waals surface area contributed by atoms with Gasteiger partial charge in [-0.2, -0.15) is 0 Å². The molecule has 2 aromatic rings. The summed E-state index contributed by atoms with van der Waals surface area (Å²) in [5.74, 6) is 0.557. The van der Waals surface area contributed by atoms with Gasteiger partial charge in [-0.3, -0.25) is 4.79 Å². The van der Waals surface area contributed by atoms with Crippen LogP contribution < -0.4 is 9.47 Å². The second kappa shape index (κ2) is 10.6. The molecule has 0 unspecified atom stereocenters. The first kappa shape index (κ1) is 21.7. The minimum atomic E-state index is -0.461. The van der Waals surface area contributed by atoms with Gasteiger partial charge in [0, 0.05) is 12.8 Å². The Bertz CT molecular complexity index is 813. The lowest BCUT2D eigenvalue weighted by Crippen LogP contribution is -2.17. The number of ketones is 1. The van der Waals surface area contributed by atoms with Crippen LogP contribution in [0.25, 0.3) is 0 Å². The smallest absolute Gasteiger partial charge is 0.170 e. The molecule has 0 fully saturated rings. The zero-order valence-electron chi connectivity index (χ0n) is 17.0. The highest BCUT2D eigenvalue weighted by Gasteiger charge is 2.15. The minimum Gasteiger partial charge on any atom is -0.493 e. The Morgan fingerprint density at radius 3 is 2.71 bits per heavy atom. The summed E-state index contributed by atoms with van der Waals surface area (Å²) >= 11 is 0. The summed E-state index contributed by atoms with van der Waals surface area (Å²) in [4.78, 5) is 12.2. The molecule has 0 saturated carbocycles. The second-order valence-electron chi connectivity index (χ2n) is 6.96. The average Bonchev–Trinajstić information content (AvgIpc) is 2.65. The number of allylic oxidation sites excluding steroid dienone is 1. The normalized spacial score (nSPS) is 11.7. The highest BCUT2D eigenvalue weighted by Crippen LogP contribution is 2.24. The molecule has 3 nitrogen and oxygen atoms in total. The van der Waals surface area contributed by atoms with Crippen molar-refractivity contribution in [3.8, 4) is 11.5 Å². The molecule has 0 aliphatic carbocycles. The van der Waals surface area contributed by atoms with Crippen molar-refractivity contribution in [1.82, 2.24) is 0 Å². The summed E-state index contributed by atoms with van der Waals surface area (Å²) < 4.78 is 25.3. The van der Waals surface area contributed by atoms with Crippen molar-refractivity contribution in [3.05, 3.63) is 71.6 Å². The maximum Gasteiger partial charge on any atom is 0.170 e. The van der Waals surface area contributed by atoms with E-state index in [0.29, 0.717) is 18.8 Å². The molecule has 0 saturated heterocycles. The lowest BCUT2D eigenvalue weighted by atomic mass is 10.0. The maximum absolute atomic E-state index is 13.5. The number of hydrogen-bond acceptors (Lipinski definition) is 3. The van der Waals surface area contributed by atoms with Crippen LogP contribution >= 0.6 is 0 Å². The van der Waals surface area contributed by atoms with Crippen LogP contribution in [0.2, 0.25) is 0 Å². The molecule has 0 bridgehead atoms. The number of ether oxygens (including phenoxy) is 2. The van der Waals surface area contributed by atoms with Crippen LogP contribution in [0.15, 0.2) is 49.1 Å². The third-order valence-electron chi connectivity index (χ3n) is 4.53. The summed E-state index contributed by atoms with van der Waals surface area (Å²) in [6.07, 6.45) is 4.30. The van der Waals surface area contributed by atoms with E-state index < -0.39 is 5.82 Å². The molecule has 0 aliphatic rings. The molecule has 0 radical (unpaired) electrons. The van der Waals surface area contributed by atoms with Gasteiger partial charge in [0.1, 0.15) is 17.3 Å². The molecule has 1 atom stereocenters.